The van der Waals surface area contributed by atoms with Crippen molar-refractivity contribution >= 4 is 5.69 Å². The number of nitrogens with zero attached hydrogens (tertiary/aromatic N) is 3. The van der Waals surface area contributed by atoms with E-state index in [1.807, 2.05) is 0 Å². The number of rotatable bonds is 3. The van der Waals surface area contributed by atoms with E-state index in [0.717, 1.165) is 6.07 Å². The molecule has 0 aliphatic heterocycles. The molecule has 0 fully saturated rings. The SMILES string of the molecule is Cc1nc(C(F)F)cc(CC#N)c1[N+](=O)[O-]. The van der Waals surface area contributed by atoms with Crippen LogP contribution in [0.5, 0.6) is 0 Å². The van der Waals surface area contributed by atoms with Gasteiger partial charge < -0.3 is 0 Å². The van der Waals surface area contributed by atoms with E-state index in [0.29, 0.717) is 0 Å². The maximum Gasteiger partial charge on any atom is 0.294 e. The minimum Gasteiger partial charge on any atom is -0.258 e. The number of hydrogen-bond donors (Lipinski definition) is 0. The Kier molecular flexibility index (Phi) is 3.45. The van der Waals surface area contributed by atoms with Gasteiger partial charge in [0, 0.05) is 5.56 Å². The van der Waals surface area contributed by atoms with Crippen molar-refractivity contribution in [3.05, 3.63) is 33.1 Å². The maximum absolute atomic E-state index is 12.4. The lowest BCUT2D eigenvalue weighted by molar-refractivity contribution is -0.386. The van der Waals surface area contributed by atoms with Crippen LogP contribution in [0.3, 0.4) is 0 Å². The van der Waals surface area contributed by atoms with Gasteiger partial charge >= 0.3 is 0 Å². The Hall–Kier alpha value is -2.10. The average Bonchev–Trinajstić information content (AvgIpc) is 2.16. The lowest BCUT2D eigenvalue weighted by atomic mass is 10.1. The van der Waals surface area contributed by atoms with Crippen molar-refractivity contribution in [1.82, 2.24) is 4.98 Å². The first-order valence-corrected chi connectivity index (χ1v) is 4.27. The highest BCUT2D eigenvalue weighted by molar-refractivity contribution is 5.46. The quantitative estimate of drug-likeness (QED) is 0.586. The number of pyridine rings is 1. The third kappa shape index (κ3) is 2.28. The van der Waals surface area contributed by atoms with Gasteiger partial charge in [-0.15, -0.1) is 0 Å². The fourth-order valence-electron chi connectivity index (χ4n) is 1.34. The Labute approximate surface area is 89.5 Å². The molecule has 0 bridgehead atoms. The third-order valence-corrected chi connectivity index (χ3v) is 1.94. The summed E-state index contributed by atoms with van der Waals surface area (Å²) in [5.74, 6) is 0. The minimum absolute atomic E-state index is 0.0321. The third-order valence-electron chi connectivity index (χ3n) is 1.94. The molecule has 0 atom stereocenters. The number of aryl methyl sites for hydroxylation is 1. The van der Waals surface area contributed by atoms with Gasteiger partial charge in [0.25, 0.3) is 12.1 Å². The van der Waals surface area contributed by atoms with Crippen molar-refractivity contribution in [2.75, 3.05) is 0 Å². The van der Waals surface area contributed by atoms with Gasteiger partial charge in [-0.05, 0) is 13.0 Å². The maximum atomic E-state index is 12.4. The first-order chi connectivity index (χ1) is 7.47. The lowest BCUT2D eigenvalue weighted by Gasteiger charge is -2.05. The highest BCUT2D eigenvalue weighted by Crippen LogP contribution is 2.27. The van der Waals surface area contributed by atoms with Crippen LogP contribution in [0.1, 0.15) is 23.4 Å². The molecule has 7 heteroatoms. The van der Waals surface area contributed by atoms with Crippen LogP contribution in [0.4, 0.5) is 14.5 Å². The van der Waals surface area contributed by atoms with E-state index in [4.69, 9.17) is 5.26 Å². The molecule has 1 aromatic rings. The standard InChI is InChI=1S/C9H7F2N3O2/c1-5-8(14(15)16)6(2-3-12)4-7(13-5)9(10)11/h4,9H,2H2,1H3. The number of aromatic nitrogens is 1. The minimum atomic E-state index is -2.81. The zero-order valence-electron chi connectivity index (χ0n) is 8.28. The molecule has 0 aliphatic carbocycles. The second-order valence-corrected chi connectivity index (χ2v) is 3.03. The molecule has 1 heterocycles. The molecule has 0 amide bonds. The molecule has 5 nitrogen and oxygen atoms in total. The van der Waals surface area contributed by atoms with E-state index in [1.165, 1.54) is 6.92 Å². The highest BCUT2D eigenvalue weighted by atomic mass is 19.3. The molecular weight excluding hydrogens is 220 g/mol. The molecule has 1 rings (SSSR count). The molecule has 0 aliphatic rings. The Morgan fingerprint density at radius 3 is 2.75 bits per heavy atom. The molecule has 0 spiro atoms. The van der Waals surface area contributed by atoms with Gasteiger partial charge in [-0.25, -0.2) is 13.8 Å². The Bertz CT molecular complexity index is 469. The van der Waals surface area contributed by atoms with Gasteiger partial charge in [-0.1, -0.05) is 0 Å². The zero-order chi connectivity index (χ0) is 12.3. The van der Waals surface area contributed by atoms with Gasteiger partial charge in [0.1, 0.15) is 11.4 Å². The molecular formula is C9H7F2N3O2. The highest BCUT2D eigenvalue weighted by Gasteiger charge is 2.22. The van der Waals surface area contributed by atoms with Crippen molar-refractivity contribution in [2.45, 2.75) is 19.8 Å². The zero-order valence-corrected chi connectivity index (χ0v) is 8.28. The van der Waals surface area contributed by atoms with Crippen LogP contribution < -0.4 is 0 Å². The molecule has 0 aromatic carbocycles. The fraction of sp³-hybridized carbons (Fsp3) is 0.333. The summed E-state index contributed by atoms with van der Waals surface area (Å²) in [6.07, 6.45) is -3.10. The average molecular weight is 227 g/mol. The summed E-state index contributed by atoms with van der Waals surface area (Å²) in [6.45, 7) is 1.27. The van der Waals surface area contributed by atoms with E-state index < -0.39 is 17.0 Å². The molecule has 0 saturated heterocycles. The van der Waals surface area contributed by atoms with E-state index in [2.05, 4.69) is 4.98 Å². The van der Waals surface area contributed by atoms with Gasteiger partial charge in [0.15, 0.2) is 0 Å². The molecule has 84 valence electrons. The van der Waals surface area contributed by atoms with Gasteiger partial charge in [0.05, 0.1) is 17.4 Å². The first kappa shape index (κ1) is 12.0. The van der Waals surface area contributed by atoms with E-state index >= 15 is 0 Å². The first-order valence-electron chi connectivity index (χ1n) is 4.27. The van der Waals surface area contributed by atoms with E-state index in [9.17, 15) is 18.9 Å². The van der Waals surface area contributed by atoms with Gasteiger partial charge in [-0.3, -0.25) is 10.1 Å². The van der Waals surface area contributed by atoms with Crippen molar-refractivity contribution < 1.29 is 13.7 Å². The van der Waals surface area contributed by atoms with Crippen LogP contribution in [0.15, 0.2) is 6.07 Å². The topological polar surface area (TPSA) is 79.8 Å². The normalized spacial score (nSPS) is 10.2. The summed E-state index contributed by atoms with van der Waals surface area (Å²) in [7, 11) is 0. The Morgan fingerprint density at radius 1 is 1.69 bits per heavy atom. The summed E-state index contributed by atoms with van der Waals surface area (Å²) in [5, 5.41) is 19.1. The molecule has 0 N–H and O–H groups in total. The van der Waals surface area contributed by atoms with Crippen LogP contribution in [-0.2, 0) is 6.42 Å². The second-order valence-electron chi connectivity index (χ2n) is 3.03. The number of halogens is 2. The van der Waals surface area contributed by atoms with Crippen molar-refractivity contribution in [3.8, 4) is 6.07 Å². The molecule has 0 radical (unpaired) electrons. The second kappa shape index (κ2) is 4.61. The summed E-state index contributed by atoms with van der Waals surface area (Å²) in [5.41, 5.74) is -1.05. The summed E-state index contributed by atoms with van der Waals surface area (Å²) in [4.78, 5) is 13.4. The largest absolute Gasteiger partial charge is 0.294 e. The van der Waals surface area contributed by atoms with E-state index in [-0.39, 0.29) is 23.4 Å². The number of alkyl halides is 2. The van der Waals surface area contributed by atoms with Crippen LogP contribution in [-0.4, -0.2) is 9.91 Å². The summed E-state index contributed by atoms with van der Waals surface area (Å²) in [6, 6.07) is 2.60. The summed E-state index contributed by atoms with van der Waals surface area (Å²) < 4.78 is 24.8. The monoisotopic (exact) mass is 227 g/mol. The van der Waals surface area contributed by atoms with Crippen molar-refractivity contribution in [2.24, 2.45) is 0 Å². The van der Waals surface area contributed by atoms with Crippen LogP contribution >= 0.6 is 0 Å². The molecule has 1 aromatic heterocycles. The smallest absolute Gasteiger partial charge is 0.258 e. The molecule has 0 saturated carbocycles. The van der Waals surface area contributed by atoms with Gasteiger partial charge in [0.2, 0.25) is 0 Å². The van der Waals surface area contributed by atoms with Crippen LogP contribution in [0, 0.1) is 28.4 Å². The summed E-state index contributed by atoms with van der Waals surface area (Å²) >= 11 is 0. The number of nitro groups is 1. The fourth-order valence-corrected chi connectivity index (χ4v) is 1.34. The van der Waals surface area contributed by atoms with Crippen LogP contribution in [0.25, 0.3) is 0 Å². The predicted octanol–water partition coefficient (Wildman–Crippen LogP) is 2.30. The van der Waals surface area contributed by atoms with Gasteiger partial charge in [-0.2, -0.15) is 5.26 Å². The number of nitriles is 1. The number of hydrogen-bond acceptors (Lipinski definition) is 4. The lowest BCUT2D eigenvalue weighted by Crippen LogP contribution is -2.03. The molecule has 16 heavy (non-hydrogen) atoms. The predicted molar refractivity (Wildman–Crippen MR) is 49.9 cm³/mol. The Balaban J connectivity index is 3.40. The van der Waals surface area contributed by atoms with E-state index in [1.54, 1.807) is 6.07 Å². The van der Waals surface area contributed by atoms with Crippen molar-refractivity contribution in [1.29, 1.82) is 5.26 Å². The Morgan fingerprint density at radius 2 is 2.31 bits per heavy atom. The van der Waals surface area contributed by atoms with Crippen LogP contribution in [0.2, 0.25) is 0 Å². The van der Waals surface area contributed by atoms with Crippen molar-refractivity contribution in [3.63, 3.8) is 0 Å². The molecule has 0 unspecified atom stereocenters.